The van der Waals surface area contributed by atoms with Gasteiger partial charge in [-0.1, -0.05) is 18.2 Å². The minimum atomic E-state index is 0.0684. The molecular formula is C18H19N3OS. The van der Waals surface area contributed by atoms with Gasteiger partial charge < -0.3 is 10.3 Å². The number of rotatable bonds is 5. The number of H-pyrrole nitrogens is 1. The first-order valence-corrected chi connectivity index (χ1v) is 8.90. The molecule has 4 rings (SSSR count). The number of amides is 1. The molecule has 0 spiro atoms. The maximum atomic E-state index is 12.1. The van der Waals surface area contributed by atoms with Crippen LogP contribution in [0.2, 0.25) is 0 Å². The third-order valence-corrected chi connectivity index (χ3v) is 5.54. The summed E-state index contributed by atoms with van der Waals surface area (Å²) in [5.74, 6) is 0.0684. The number of thiazole rings is 1. The summed E-state index contributed by atoms with van der Waals surface area (Å²) in [5, 5.41) is 5.29. The molecule has 0 unspecified atom stereocenters. The normalized spacial score (nSPS) is 13.4. The first kappa shape index (κ1) is 14.5. The maximum Gasteiger partial charge on any atom is 0.224 e. The Bertz CT molecular complexity index is 827. The van der Waals surface area contributed by atoms with E-state index in [9.17, 15) is 4.79 Å². The molecule has 1 amide bonds. The molecule has 0 radical (unpaired) electrons. The van der Waals surface area contributed by atoms with Crippen LogP contribution in [0.1, 0.15) is 27.6 Å². The molecule has 2 aromatic heterocycles. The van der Waals surface area contributed by atoms with E-state index >= 15 is 0 Å². The predicted molar refractivity (Wildman–Crippen MR) is 92.9 cm³/mol. The zero-order chi connectivity index (χ0) is 15.6. The molecule has 0 atom stereocenters. The zero-order valence-corrected chi connectivity index (χ0v) is 13.7. The lowest BCUT2D eigenvalue weighted by Gasteiger charge is -2.03. The highest BCUT2D eigenvalue weighted by Crippen LogP contribution is 2.27. The Morgan fingerprint density at radius 2 is 2.22 bits per heavy atom. The fraction of sp³-hybridized carbons (Fsp3) is 0.333. The van der Waals surface area contributed by atoms with Gasteiger partial charge in [-0.3, -0.25) is 4.79 Å². The van der Waals surface area contributed by atoms with Crippen LogP contribution in [0.4, 0.5) is 0 Å². The molecule has 5 heteroatoms. The summed E-state index contributed by atoms with van der Waals surface area (Å²) in [6.45, 7) is 0.660. The van der Waals surface area contributed by atoms with Gasteiger partial charge in [-0.05, 0) is 30.9 Å². The molecule has 0 saturated carbocycles. The summed E-state index contributed by atoms with van der Waals surface area (Å²) in [4.78, 5) is 21.5. The van der Waals surface area contributed by atoms with Crippen molar-refractivity contribution in [3.8, 4) is 0 Å². The van der Waals surface area contributed by atoms with Crippen molar-refractivity contribution in [2.75, 3.05) is 6.54 Å². The van der Waals surface area contributed by atoms with E-state index in [1.54, 1.807) is 0 Å². The van der Waals surface area contributed by atoms with E-state index in [1.807, 2.05) is 41.8 Å². The SMILES string of the molecule is O=C(Cc1c[nH]c2ccccc12)NCCc1nc2c(s1)CCC2. The standard InChI is InChI=1S/C18H19N3OS/c22-17(10-12-11-20-14-5-2-1-4-13(12)14)19-9-8-18-21-15-6-3-7-16(15)23-18/h1-2,4-5,11,20H,3,6-10H2,(H,19,22). The monoisotopic (exact) mass is 325 g/mol. The number of benzene rings is 1. The number of aromatic nitrogens is 2. The van der Waals surface area contributed by atoms with Crippen molar-refractivity contribution in [2.24, 2.45) is 0 Å². The average Bonchev–Trinajstić information content (AvgIpc) is 3.22. The van der Waals surface area contributed by atoms with Gasteiger partial charge in [0.1, 0.15) is 0 Å². The molecule has 2 N–H and O–H groups in total. The van der Waals surface area contributed by atoms with E-state index < -0.39 is 0 Å². The van der Waals surface area contributed by atoms with Crippen molar-refractivity contribution < 1.29 is 4.79 Å². The van der Waals surface area contributed by atoms with Crippen LogP contribution in [0.3, 0.4) is 0 Å². The Hall–Kier alpha value is -2.14. The molecule has 1 aliphatic rings. The van der Waals surface area contributed by atoms with Gasteiger partial charge in [0.05, 0.1) is 17.1 Å². The van der Waals surface area contributed by atoms with Crippen molar-refractivity contribution in [2.45, 2.75) is 32.1 Å². The highest BCUT2D eigenvalue weighted by molar-refractivity contribution is 7.11. The lowest BCUT2D eigenvalue weighted by Crippen LogP contribution is -2.27. The van der Waals surface area contributed by atoms with Crippen LogP contribution in [-0.4, -0.2) is 22.4 Å². The Morgan fingerprint density at radius 1 is 1.30 bits per heavy atom. The van der Waals surface area contributed by atoms with Gasteiger partial charge in [-0.15, -0.1) is 11.3 Å². The minimum absolute atomic E-state index is 0.0684. The van der Waals surface area contributed by atoms with Crippen LogP contribution in [0, 0.1) is 0 Å². The minimum Gasteiger partial charge on any atom is -0.361 e. The Kier molecular flexibility index (Phi) is 3.87. The quantitative estimate of drug-likeness (QED) is 0.757. The number of aromatic amines is 1. The summed E-state index contributed by atoms with van der Waals surface area (Å²) in [5.41, 5.74) is 3.41. The molecule has 0 saturated heterocycles. The molecule has 0 bridgehead atoms. The molecule has 1 aromatic carbocycles. The smallest absolute Gasteiger partial charge is 0.224 e. The van der Waals surface area contributed by atoms with E-state index in [4.69, 9.17) is 0 Å². The van der Waals surface area contributed by atoms with Crippen molar-refractivity contribution >= 4 is 28.1 Å². The van der Waals surface area contributed by atoms with Crippen molar-refractivity contribution in [1.29, 1.82) is 0 Å². The van der Waals surface area contributed by atoms with Gasteiger partial charge in [0.25, 0.3) is 0 Å². The van der Waals surface area contributed by atoms with Gasteiger partial charge in [-0.25, -0.2) is 4.98 Å². The van der Waals surface area contributed by atoms with Crippen molar-refractivity contribution in [1.82, 2.24) is 15.3 Å². The van der Waals surface area contributed by atoms with Crippen LogP contribution in [0.15, 0.2) is 30.5 Å². The average molecular weight is 325 g/mol. The van der Waals surface area contributed by atoms with Crippen molar-refractivity contribution in [3.63, 3.8) is 0 Å². The first-order chi connectivity index (χ1) is 11.3. The van der Waals surface area contributed by atoms with Crippen LogP contribution in [0.25, 0.3) is 10.9 Å². The number of para-hydroxylation sites is 1. The fourth-order valence-electron chi connectivity index (χ4n) is 3.17. The number of aryl methyl sites for hydroxylation is 2. The summed E-state index contributed by atoms with van der Waals surface area (Å²) in [7, 11) is 0. The molecule has 2 heterocycles. The number of hydrogen-bond acceptors (Lipinski definition) is 3. The highest BCUT2D eigenvalue weighted by Gasteiger charge is 2.16. The van der Waals surface area contributed by atoms with E-state index in [0.717, 1.165) is 34.3 Å². The summed E-state index contributed by atoms with van der Waals surface area (Å²) in [6.07, 6.45) is 6.72. The van der Waals surface area contributed by atoms with Gasteiger partial charge >= 0.3 is 0 Å². The predicted octanol–water partition coefficient (Wildman–Crippen LogP) is 3.01. The number of nitrogens with zero attached hydrogens (tertiary/aromatic N) is 1. The second kappa shape index (κ2) is 6.16. The molecule has 118 valence electrons. The largest absolute Gasteiger partial charge is 0.361 e. The molecule has 23 heavy (non-hydrogen) atoms. The van der Waals surface area contributed by atoms with Gasteiger partial charge in [0.2, 0.25) is 5.91 Å². The van der Waals surface area contributed by atoms with Crippen LogP contribution in [-0.2, 0) is 30.5 Å². The molecule has 0 fully saturated rings. The van der Waals surface area contributed by atoms with Gasteiger partial charge in [0, 0.05) is 34.9 Å². The van der Waals surface area contributed by atoms with E-state index in [-0.39, 0.29) is 5.91 Å². The third-order valence-electron chi connectivity index (χ3n) is 4.33. The summed E-state index contributed by atoms with van der Waals surface area (Å²) >= 11 is 1.81. The Labute approximate surface area is 138 Å². The third kappa shape index (κ3) is 3.01. The number of nitrogens with one attached hydrogen (secondary N) is 2. The van der Waals surface area contributed by atoms with Crippen molar-refractivity contribution in [3.05, 3.63) is 51.6 Å². The maximum absolute atomic E-state index is 12.1. The molecule has 4 nitrogen and oxygen atoms in total. The summed E-state index contributed by atoms with van der Waals surface area (Å²) in [6, 6.07) is 8.07. The van der Waals surface area contributed by atoms with Crippen LogP contribution in [0.5, 0.6) is 0 Å². The molecule has 1 aliphatic carbocycles. The highest BCUT2D eigenvalue weighted by atomic mass is 32.1. The second-order valence-corrected chi connectivity index (χ2v) is 7.14. The second-order valence-electron chi connectivity index (χ2n) is 5.97. The van der Waals surface area contributed by atoms with E-state index in [2.05, 4.69) is 15.3 Å². The number of fused-ring (bicyclic) bond motifs is 2. The molecule has 0 aliphatic heterocycles. The Balaban J connectivity index is 1.31. The Morgan fingerprint density at radius 3 is 3.13 bits per heavy atom. The fourth-order valence-corrected chi connectivity index (χ4v) is 4.33. The van der Waals surface area contributed by atoms with Gasteiger partial charge in [-0.2, -0.15) is 0 Å². The first-order valence-electron chi connectivity index (χ1n) is 8.09. The van der Waals surface area contributed by atoms with E-state index in [0.29, 0.717) is 13.0 Å². The van der Waals surface area contributed by atoms with E-state index in [1.165, 1.54) is 23.4 Å². The lowest BCUT2D eigenvalue weighted by atomic mass is 10.1. The zero-order valence-electron chi connectivity index (χ0n) is 12.9. The molecule has 3 aromatic rings. The summed E-state index contributed by atoms with van der Waals surface area (Å²) < 4.78 is 0. The van der Waals surface area contributed by atoms with Gasteiger partial charge in [0.15, 0.2) is 0 Å². The number of carbonyl (C=O) groups is 1. The topological polar surface area (TPSA) is 57.8 Å². The van der Waals surface area contributed by atoms with Crippen LogP contribution < -0.4 is 5.32 Å². The molecular weight excluding hydrogens is 306 g/mol. The lowest BCUT2D eigenvalue weighted by molar-refractivity contribution is -0.120. The number of hydrogen-bond donors (Lipinski definition) is 2. The van der Waals surface area contributed by atoms with Crippen LogP contribution >= 0.6 is 11.3 Å². The number of carbonyl (C=O) groups excluding carboxylic acids is 1.